The minimum absolute atomic E-state index is 0.231. The number of anilines is 1. The van der Waals surface area contributed by atoms with Crippen molar-refractivity contribution >= 4 is 11.7 Å². The Morgan fingerprint density at radius 3 is 2.68 bits per heavy atom. The molecule has 2 atom stereocenters. The Labute approximate surface area is 129 Å². The third-order valence-electron chi connectivity index (χ3n) is 4.73. The van der Waals surface area contributed by atoms with Crippen molar-refractivity contribution in [3.8, 4) is 0 Å². The first-order valence-electron chi connectivity index (χ1n) is 7.53. The Balaban J connectivity index is 1.77. The van der Waals surface area contributed by atoms with E-state index >= 15 is 0 Å². The molecular formula is C18H18N2O2. The van der Waals surface area contributed by atoms with E-state index in [1.165, 1.54) is 12.7 Å². The van der Waals surface area contributed by atoms with E-state index in [2.05, 4.69) is 28.6 Å². The molecular weight excluding hydrogens is 276 g/mol. The molecule has 2 heterocycles. The SMILES string of the molecule is COC(=O)[C@]1(c2ccccc2)C[C@H]2Cc3ccccc3N2N1. The van der Waals surface area contributed by atoms with Gasteiger partial charge in [0.25, 0.3) is 0 Å². The van der Waals surface area contributed by atoms with Gasteiger partial charge in [-0.3, -0.25) is 0 Å². The van der Waals surface area contributed by atoms with Gasteiger partial charge in [-0.2, -0.15) is 0 Å². The van der Waals surface area contributed by atoms with Crippen LogP contribution >= 0.6 is 0 Å². The second-order valence-corrected chi connectivity index (χ2v) is 5.94. The number of nitrogens with one attached hydrogen (secondary N) is 1. The largest absolute Gasteiger partial charge is 0.467 e. The number of hydrogen-bond donors (Lipinski definition) is 1. The van der Waals surface area contributed by atoms with E-state index in [1.807, 2.05) is 36.4 Å². The molecule has 1 N–H and O–H groups in total. The van der Waals surface area contributed by atoms with Gasteiger partial charge in [-0.15, -0.1) is 0 Å². The number of nitrogens with zero attached hydrogens (tertiary/aromatic N) is 1. The Morgan fingerprint density at radius 2 is 1.91 bits per heavy atom. The van der Waals surface area contributed by atoms with Gasteiger partial charge in [-0.25, -0.2) is 10.2 Å². The molecule has 4 rings (SSSR count). The highest BCUT2D eigenvalue weighted by Crippen LogP contribution is 2.43. The Hall–Kier alpha value is -2.33. The number of hydrogen-bond acceptors (Lipinski definition) is 4. The summed E-state index contributed by atoms with van der Waals surface area (Å²) in [5.41, 5.74) is 6.09. The van der Waals surface area contributed by atoms with E-state index in [0.717, 1.165) is 17.7 Å². The van der Waals surface area contributed by atoms with Gasteiger partial charge in [0.2, 0.25) is 0 Å². The van der Waals surface area contributed by atoms with Gasteiger partial charge in [-0.05, 0) is 23.6 Å². The molecule has 1 saturated heterocycles. The van der Waals surface area contributed by atoms with Crippen molar-refractivity contribution < 1.29 is 9.53 Å². The predicted molar refractivity (Wildman–Crippen MR) is 84.3 cm³/mol. The average Bonchev–Trinajstić information content (AvgIpc) is 3.10. The predicted octanol–water partition coefficient (Wildman–Crippen LogP) is 2.39. The van der Waals surface area contributed by atoms with Crippen LogP contribution < -0.4 is 10.4 Å². The first kappa shape index (κ1) is 13.3. The summed E-state index contributed by atoms with van der Waals surface area (Å²) in [5, 5.41) is 2.14. The van der Waals surface area contributed by atoms with Gasteiger partial charge in [0.15, 0.2) is 5.54 Å². The Morgan fingerprint density at radius 1 is 1.18 bits per heavy atom. The zero-order valence-electron chi connectivity index (χ0n) is 12.5. The van der Waals surface area contributed by atoms with Gasteiger partial charge in [0.1, 0.15) is 0 Å². The van der Waals surface area contributed by atoms with Crippen molar-refractivity contribution in [2.75, 3.05) is 12.1 Å². The lowest BCUT2D eigenvalue weighted by Gasteiger charge is -2.29. The third-order valence-corrected chi connectivity index (χ3v) is 4.73. The first-order chi connectivity index (χ1) is 10.7. The molecule has 0 amide bonds. The summed E-state index contributed by atoms with van der Waals surface area (Å²) < 4.78 is 5.12. The lowest BCUT2D eigenvalue weighted by Crippen LogP contribution is -2.50. The minimum atomic E-state index is -0.797. The molecule has 1 fully saturated rings. The lowest BCUT2D eigenvalue weighted by molar-refractivity contribution is -0.148. The highest BCUT2D eigenvalue weighted by Gasteiger charge is 2.53. The summed E-state index contributed by atoms with van der Waals surface area (Å²) in [6.07, 6.45) is 1.66. The smallest absolute Gasteiger partial charge is 0.332 e. The van der Waals surface area contributed by atoms with Gasteiger partial charge >= 0.3 is 5.97 Å². The molecule has 0 spiro atoms. The maximum absolute atomic E-state index is 12.6. The number of hydrazine groups is 1. The molecule has 4 nitrogen and oxygen atoms in total. The monoisotopic (exact) mass is 294 g/mol. The molecule has 4 heteroatoms. The number of esters is 1. The fourth-order valence-corrected chi connectivity index (χ4v) is 3.71. The van der Waals surface area contributed by atoms with Crippen molar-refractivity contribution in [3.05, 3.63) is 65.7 Å². The van der Waals surface area contributed by atoms with Crippen LogP contribution in [0.1, 0.15) is 17.5 Å². The second kappa shape index (κ2) is 4.85. The third kappa shape index (κ3) is 1.77. The number of para-hydroxylation sites is 1. The molecule has 0 saturated carbocycles. The number of rotatable bonds is 2. The van der Waals surface area contributed by atoms with E-state index in [4.69, 9.17) is 4.74 Å². The van der Waals surface area contributed by atoms with Gasteiger partial charge < -0.3 is 9.75 Å². The van der Waals surface area contributed by atoms with Crippen LogP contribution in [0.25, 0.3) is 0 Å². The van der Waals surface area contributed by atoms with E-state index in [1.54, 1.807) is 0 Å². The summed E-state index contributed by atoms with van der Waals surface area (Å²) in [5.74, 6) is -0.231. The summed E-state index contributed by atoms with van der Waals surface area (Å²) in [6, 6.07) is 18.5. The van der Waals surface area contributed by atoms with Gasteiger partial charge in [0, 0.05) is 6.42 Å². The Kier molecular flexibility index (Phi) is 2.94. The molecule has 2 aliphatic rings. The molecule has 112 valence electrons. The first-order valence-corrected chi connectivity index (χ1v) is 7.53. The van der Waals surface area contributed by atoms with Crippen LogP contribution in [0.3, 0.4) is 0 Å². The van der Waals surface area contributed by atoms with Crippen molar-refractivity contribution in [1.82, 2.24) is 5.43 Å². The number of methoxy groups -OCH3 is 1. The van der Waals surface area contributed by atoms with Crippen LogP contribution in [0.15, 0.2) is 54.6 Å². The summed E-state index contributed by atoms with van der Waals surface area (Å²) in [7, 11) is 1.45. The highest BCUT2D eigenvalue weighted by atomic mass is 16.5. The molecule has 22 heavy (non-hydrogen) atoms. The fraction of sp³-hybridized carbons (Fsp3) is 0.278. The molecule has 2 aromatic carbocycles. The van der Waals surface area contributed by atoms with Crippen molar-refractivity contribution in [1.29, 1.82) is 0 Å². The van der Waals surface area contributed by atoms with E-state index in [9.17, 15) is 4.79 Å². The highest BCUT2D eigenvalue weighted by molar-refractivity contribution is 5.84. The van der Waals surface area contributed by atoms with E-state index in [-0.39, 0.29) is 12.0 Å². The maximum atomic E-state index is 12.6. The summed E-state index contributed by atoms with van der Waals surface area (Å²) in [4.78, 5) is 12.6. The minimum Gasteiger partial charge on any atom is -0.467 e. The van der Waals surface area contributed by atoms with E-state index < -0.39 is 5.54 Å². The van der Waals surface area contributed by atoms with Crippen molar-refractivity contribution in [2.45, 2.75) is 24.4 Å². The number of fused-ring (bicyclic) bond motifs is 3. The number of benzene rings is 2. The molecule has 2 aliphatic heterocycles. The quantitative estimate of drug-likeness (QED) is 0.864. The van der Waals surface area contributed by atoms with Crippen molar-refractivity contribution in [3.63, 3.8) is 0 Å². The summed E-state index contributed by atoms with van der Waals surface area (Å²) in [6.45, 7) is 0. The Bertz CT molecular complexity index is 716. The molecule has 0 radical (unpaired) electrons. The normalized spacial score (nSPS) is 25.7. The molecule has 0 unspecified atom stereocenters. The van der Waals surface area contributed by atoms with Gasteiger partial charge in [0.05, 0.1) is 18.8 Å². The zero-order valence-corrected chi connectivity index (χ0v) is 12.5. The lowest BCUT2D eigenvalue weighted by atomic mass is 9.85. The van der Waals surface area contributed by atoms with Crippen LogP contribution in [-0.2, 0) is 21.5 Å². The van der Waals surface area contributed by atoms with Crippen LogP contribution in [-0.4, -0.2) is 19.1 Å². The van der Waals surface area contributed by atoms with Crippen molar-refractivity contribution in [2.24, 2.45) is 0 Å². The van der Waals surface area contributed by atoms with Crippen LogP contribution in [0.4, 0.5) is 5.69 Å². The fourth-order valence-electron chi connectivity index (χ4n) is 3.71. The standard InChI is InChI=1S/C18H18N2O2/c1-22-17(21)18(14-8-3-2-4-9-14)12-15-11-13-7-5-6-10-16(13)20(15)19-18/h2-10,15,19H,11-12H2,1H3/t15-,18-/m1/s1. The van der Waals surface area contributed by atoms with Crippen LogP contribution in [0.5, 0.6) is 0 Å². The topological polar surface area (TPSA) is 41.6 Å². The van der Waals surface area contributed by atoms with E-state index in [0.29, 0.717) is 6.42 Å². The molecule has 0 bridgehead atoms. The molecule has 0 aromatic heterocycles. The number of ether oxygens (including phenoxy) is 1. The number of carbonyl (C=O) groups excluding carboxylic acids is 1. The van der Waals surface area contributed by atoms with Crippen LogP contribution in [0.2, 0.25) is 0 Å². The zero-order chi connectivity index (χ0) is 15.2. The average molecular weight is 294 g/mol. The van der Waals surface area contributed by atoms with Crippen LogP contribution in [0, 0.1) is 0 Å². The maximum Gasteiger partial charge on any atom is 0.332 e. The second-order valence-electron chi connectivity index (χ2n) is 5.94. The molecule has 0 aliphatic carbocycles. The van der Waals surface area contributed by atoms with Gasteiger partial charge in [-0.1, -0.05) is 48.5 Å². The summed E-state index contributed by atoms with van der Waals surface area (Å²) >= 11 is 0. The number of carbonyl (C=O) groups is 1. The molecule has 2 aromatic rings.